The molecule has 1 aliphatic heterocycles. The second-order valence-corrected chi connectivity index (χ2v) is 5.08. The standard InChI is InChI=1S/C13H19N3O3/c17-9-8-14-4-6-15(7-5-14)11-12-2-1-3-13(10-12)16(18)19/h1-3,10,17H,4-9,11H2/p+2. The summed E-state index contributed by atoms with van der Waals surface area (Å²) in [6.45, 7) is 6.14. The van der Waals surface area contributed by atoms with E-state index in [-0.39, 0.29) is 17.2 Å². The van der Waals surface area contributed by atoms with E-state index in [0.717, 1.165) is 44.8 Å². The average molecular weight is 267 g/mol. The number of quaternary nitrogens is 2. The molecular weight excluding hydrogens is 246 g/mol. The van der Waals surface area contributed by atoms with E-state index in [4.69, 9.17) is 5.11 Å². The number of rotatable bonds is 5. The largest absolute Gasteiger partial charge is 0.391 e. The first-order valence-corrected chi connectivity index (χ1v) is 6.70. The van der Waals surface area contributed by atoms with Gasteiger partial charge in [0.05, 0.1) is 11.5 Å². The van der Waals surface area contributed by atoms with Crippen molar-refractivity contribution in [3.63, 3.8) is 0 Å². The Labute approximate surface area is 112 Å². The summed E-state index contributed by atoms with van der Waals surface area (Å²) in [7, 11) is 0. The molecule has 0 aromatic heterocycles. The van der Waals surface area contributed by atoms with Crippen LogP contribution in [0.4, 0.5) is 5.69 Å². The molecule has 0 spiro atoms. The number of benzene rings is 1. The van der Waals surface area contributed by atoms with E-state index in [2.05, 4.69) is 0 Å². The van der Waals surface area contributed by atoms with Crippen molar-refractivity contribution >= 4 is 5.69 Å². The van der Waals surface area contributed by atoms with Crippen LogP contribution in [-0.2, 0) is 6.54 Å². The van der Waals surface area contributed by atoms with Crippen LogP contribution in [-0.4, -0.2) is 49.4 Å². The van der Waals surface area contributed by atoms with Crippen molar-refractivity contribution in [1.82, 2.24) is 0 Å². The number of aliphatic hydroxyl groups is 1. The molecule has 0 unspecified atom stereocenters. The maximum atomic E-state index is 10.7. The summed E-state index contributed by atoms with van der Waals surface area (Å²) < 4.78 is 0. The van der Waals surface area contributed by atoms with Gasteiger partial charge in [-0.3, -0.25) is 10.1 Å². The first-order chi connectivity index (χ1) is 9.19. The summed E-state index contributed by atoms with van der Waals surface area (Å²) in [5.74, 6) is 0. The maximum absolute atomic E-state index is 10.7. The molecule has 1 saturated heterocycles. The molecular formula is C13H21N3O3+2. The minimum absolute atomic E-state index is 0.168. The molecule has 6 heteroatoms. The normalized spacial score (nSPS) is 23.2. The van der Waals surface area contributed by atoms with Gasteiger partial charge in [-0.15, -0.1) is 0 Å². The number of hydrogen-bond donors (Lipinski definition) is 3. The summed E-state index contributed by atoms with van der Waals surface area (Å²) in [5, 5.41) is 19.6. The van der Waals surface area contributed by atoms with Crippen molar-refractivity contribution in [3.05, 3.63) is 39.9 Å². The fourth-order valence-corrected chi connectivity index (χ4v) is 2.61. The quantitative estimate of drug-likeness (QED) is 0.421. The molecule has 0 aliphatic carbocycles. The van der Waals surface area contributed by atoms with Crippen LogP contribution in [0.5, 0.6) is 0 Å². The van der Waals surface area contributed by atoms with Gasteiger partial charge in [-0.2, -0.15) is 0 Å². The summed E-state index contributed by atoms with van der Waals surface area (Å²) >= 11 is 0. The van der Waals surface area contributed by atoms with E-state index in [9.17, 15) is 10.1 Å². The van der Waals surface area contributed by atoms with Crippen molar-refractivity contribution in [2.45, 2.75) is 6.54 Å². The molecule has 1 aliphatic rings. The van der Waals surface area contributed by atoms with Crippen LogP contribution in [0, 0.1) is 10.1 Å². The zero-order valence-corrected chi connectivity index (χ0v) is 11.0. The lowest BCUT2D eigenvalue weighted by Crippen LogP contribution is -3.27. The molecule has 0 radical (unpaired) electrons. The Morgan fingerprint density at radius 1 is 1.21 bits per heavy atom. The molecule has 19 heavy (non-hydrogen) atoms. The predicted octanol–water partition coefficient (Wildman–Crippen LogP) is -2.13. The van der Waals surface area contributed by atoms with Crippen LogP contribution in [0.15, 0.2) is 24.3 Å². The molecule has 1 fully saturated rings. The molecule has 0 amide bonds. The zero-order chi connectivity index (χ0) is 13.7. The number of nitro groups is 1. The molecule has 3 N–H and O–H groups in total. The molecule has 1 aromatic carbocycles. The van der Waals surface area contributed by atoms with E-state index in [1.807, 2.05) is 6.07 Å². The van der Waals surface area contributed by atoms with Crippen LogP contribution < -0.4 is 9.80 Å². The van der Waals surface area contributed by atoms with Gasteiger partial charge < -0.3 is 14.9 Å². The number of piperazine rings is 1. The van der Waals surface area contributed by atoms with Crippen LogP contribution in [0.3, 0.4) is 0 Å². The maximum Gasteiger partial charge on any atom is 0.269 e. The number of non-ortho nitro benzene ring substituents is 1. The van der Waals surface area contributed by atoms with Gasteiger partial charge in [-0.1, -0.05) is 12.1 Å². The lowest BCUT2D eigenvalue weighted by molar-refractivity contribution is -1.02. The average Bonchev–Trinajstić information content (AvgIpc) is 2.42. The summed E-state index contributed by atoms with van der Waals surface area (Å²) in [6.07, 6.45) is 0. The van der Waals surface area contributed by atoms with Crippen molar-refractivity contribution in [1.29, 1.82) is 0 Å². The molecule has 6 nitrogen and oxygen atoms in total. The highest BCUT2D eigenvalue weighted by Gasteiger charge is 2.22. The van der Waals surface area contributed by atoms with E-state index in [1.165, 1.54) is 15.9 Å². The van der Waals surface area contributed by atoms with Crippen LogP contribution in [0.1, 0.15) is 5.56 Å². The smallest absolute Gasteiger partial charge is 0.269 e. The SMILES string of the molecule is O=[N+]([O-])c1cccc(C[NH+]2CC[NH+](CCO)CC2)c1. The van der Waals surface area contributed by atoms with Gasteiger partial charge in [0.25, 0.3) is 5.69 Å². The topological polar surface area (TPSA) is 72.2 Å². The Morgan fingerprint density at radius 2 is 1.89 bits per heavy atom. The fraction of sp³-hybridized carbons (Fsp3) is 0.538. The second kappa shape index (κ2) is 6.60. The van der Waals surface area contributed by atoms with E-state index < -0.39 is 0 Å². The lowest BCUT2D eigenvalue weighted by atomic mass is 10.1. The third kappa shape index (κ3) is 3.99. The van der Waals surface area contributed by atoms with E-state index in [0.29, 0.717) is 0 Å². The molecule has 104 valence electrons. The Hall–Kier alpha value is -1.50. The Kier molecular flexibility index (Phi) is 4.84. The first-order valence-electron chi connectivity index (χ1n) is 6.70. The van der Waals surface area contributed by atoms with Gasteiger partial charge in [0.1, 0.15) is 39.3 Å². The van der Waals surface area contributed by atoms with Crippen LogP contribution >= 0.6 is 0 Å². The highest BCUT2D eigenvalue weighted by Crippen LogP contribution is 2.12. The Balaban J connectivity index is 1.88. The van der Waals surface area contributed by atoms with Crippen molar-refractivity contribution in [3.8, 4) is 0 Å². The Morgan fingerprint density at radius 3 is 2.53 bits per heavy atom. The number of hydrogen-bond acceptors (Lipinski definition) is 3. The molecule has 0 saturated carbocycles. The molecule has 1 heterocycles. The highest BCUT2D eigenvalue weighted by molar-refractivity contribution is 5.33. The van der Waals surface area contributed by atoms with Crippen molar-refractivity contribution in [2.75, 3.05) is 39.3 Å². The third-order valence-electron chi connectivity index (χ3n) is 3.71. The number of aliphatic hydroxyl groups excluding tert-OH is 1. The number of nitrogens with one attached hydrogen (secondary N) is 2. The molecule has 0 atom stereocenters. The second-order valence-electron chi connectivity index (χ2n) is 5.08. The minimum atomic E-state index is -0.345. The summed E-state index contributed by atoms with van der Waals surface area (Å²) in [6, 6.07) is 6.90. The van der Waals surface area contributed by atoms with Gasteiger partial charge in [-0.05, 0) is 0 Å². The van der Waals surface area contributed by atoms with Crippen LogP contribution in [0.2, 0.25) is 0 Å². The van der Waals surface area contributed by atoms with Gasteiger partial charge in [-0.25, -0.2) is 0 Å². The summed E-state index contributed by atoms with van der Waals surface area (Å²) in [5.41, 5.74) is 1.19. The van der Waals surface area contributed by atoms with Crippen molar-refractivity contribution in [2.24, 2.45) is 0 Å². The van der Waals surface area contributed by atoms with Crippen LogP contribution in [0.25, 0.3) is 0 Å². The monoisotopic (exact) mass is 267 g/mol. The predicted molar refractivity (Wildman–Crippen MR) is 70.1 cm³/mol. The number of nitro benzene ring substituents is 1. The fourth-order valence-electron chi connectivity index (χ4n) is 2.61. The van der Waals surface area contributed by atoms with Gasteiger partial charge in [0, 0.05) is 17.7 Å². The van der Waals surface area contributed by atoms with Gasteiger partial charge >= 0.3 is 0 Å². The van der Waals surface area contributed by atoms with Gasteiger partial charge in [0.2, 0.25) is 0 Å². The third-order valence-corrected chi connectivity index (χ3v) is 3.71. The highest BCUT2D eigenvalue weighted by atomic mass is 16.6. The van der Waals surface area contributed by atoms with Gasteiger partial charge in [0.15, 0.2) is 0 Å². The zero-order valence-electron chi connectivity index (χ0n) is 11.0. The van der Waals surface area contributed by atoms with E-state index >= 15 is 0 Å². The summed E-state index contributed by atoms with van der Waals surface area (Å²) in [4.78, 5) is 13.3. The lowest BCUT2D eigenvalue weighted by Gasteiger charge is -2.29. The van der Waals surface area contributed by atoms with Crippen molar-refractivity contribution < 1.29 is 19.8 Å². The minimum Gasteiger partial charge on any atom is -0.391 e. The Bertz CT molecular complexity index is 431. The van der Waals surface area contributed by atoms with E-state index in [1.54, 1.807) is 12.1 Å². The first kappa shape index (κ1) is 13.9. The number of nitrogens with zero attached hydrogens (tertiary/aromatic N) is 1. The molecule has 2 rings (SSSR count). The molecule has 0 bridgehead atoms. The molecule has 1 aromatic rings.